The van der Waals surface area contributed by atoms with Crippen molar-refractivity contribution in [3.05, 3.63) is 77.4 Å². The predicted octanol–water partition coefficient (Wildman–Crippen LogP) is 2.61. The van der Waals surface area contributed by atoms with Crippen LogP contribution in [0.4, 0.5) is 8.78 Å². The molecule has 4 amide bonds. The summed E-state index contributed by atoms with van der Waals surface area (Å²) in [7, 11) is 0. The zero-order valence-electron chi connectivity index (χ0n) is 26.8. The maximum absolute atomic E-state index is 14.1. The fourth-order valence-corrected chi connectivity index (χ4v) is 5.23. The van der Waals surface area contributed by atoms with Gasteiger partial charge in [0.1, 0.15) is 24.2 Å². The van der Waals surface area contributed by atoms with Crippen LogP contribution in [0.2, 0.25) is 0 Å². The van der Waals surface area contributed by atoms with Gasteiger partial charge in [-0.3, -0.25) is 19.2 Å². The number of ether oxygens (including phenoxy) is 1. The molecule has 0 aliphatic carbocycles. The zero-order valence-corrected chi connectivity index (χ0v) is 26.8. The summed E-state index contributed by atoms with van der Waals surface area (Å²) < 4.78 is 34.1. The van der Waals surface area contributed by atoms with E-state index in [1.807, 2.05) is 44.2 Å². The number of nitrogens with zero attached hydrogens (tertiary/aromatic N) is 4. The van der Waals surface area contributed by atoms with Crippen LogP contribution in [0.15, 0.2) is 48.5 Å². The van der Waals surface area contributed by atoms with Gasteiger partial charge in [-0.05, 0) is 43.4 Å². The summed E-state index contributed by atoms with van der Waals surface area (Å²) in [6.07, 6.45) is 0.917. The Morgan fingerprint density at radius 3 is 2.49 bits per heavy atom. The minimum atomic E-state index is -0.934. The first-order valence-electron chi connectivity index (χ1n) is 15.7. The summed E-state index contributed by atoms with van der Waals surface area (Å²) in [6, 6.07) is 10.6. The summed E-state index contributed by atoms with van der Waals surface area (Å²) in [6.45, 7) is 5.52. The van der Waals surface area contributed by atoms with Crippen molar-refractivity contribution in [2.45, 2.75) is 65.1 Å². The highest BCUT2D eigenvalue weighted by Gasteiger charge is 2.30. The predicted molar refractivity (Wildman–Crippen MR) is 168 cm³/mol. The second kappa shape index (κ2) is 16.6. The highest BCUT2D eigenvalue weighted by atomic mass is 19.1. The number of benzene rings is 2. The van der Waals surface area contributed by atoms with Gasteiger partial charge < -0.3 is 25.6 Å². The van der Waals surface area contributed by atoms with E-state index in [9.17, 15) is 28.0 Å². The average molecular weight is 654 g/mol. The molecule has 12 nitrogen and oxygen atoms in total. The Kier molecular flexibility index (Phi) is 12.4. The molecule has 2 aromatic carbocycles. The maximum atomic E-state index is 14.1. The van der Waals surface area contributed by atoms with Crippen LogP contribution in [-0.2, 0) is 32.1 Å². The summed E-state index contributed by atoms with van der Waals surface area (Å²) in [5, 5.41) is 13.1. The molecule has 2 atom stereocenters. The molecule has 3 N–H and O–H groups in total. The molecule has 0 radical (unpaired) electrons. The maximum Gasteiger partial charge on any atom is 0.260 e. The monoisotopic (exact) mass is 653 g/mol. The topological polar surface area (TPSA) is 148 Å². The van der Waals surface area contributed by atoms with Crippen molar-refractivity contribution in [1.29, 1.82) is 0 Å². The fourth-order valence-electron chi connectivity index (χ4n) is 5.23. The number of nitrogens with one attached hydrogen (secondary N) is 3. The third-order valence-electron chi connectivity index (χ3n) is 7.63. The second-order valence-corrected chi connectivity index (χ2v) is 11.8. The highest BCUT2D eigenvalue weighted by Crippen LogP contribution is 2.21. The fraction of sp³-hybridized carbons (Fsp3) is 0.455. The van der Waals surface area contributed by atoms with E-state index >= 15 is 0 Å². The molecular formula is C33H41F2N7O5. The van der Waals surface area contributed by atoms with Gasteiger partial charge in [-0.25, -0.2) is 18.4 Å². The summed E-state index contributed by atoms with van der Waals surface area (Å²) in [5.74, 6) is -2.82. The van der Waals surface area contributed by atoms with E-state index in [1.54, 1.807) is 6.92 Å². The Labute approximate surface area is 272 Å². The van der Waals surface area contributed by atoms with Crippen LogP contribution < -0.4 is 20.7 Å². The molecule has 0 spiro atoms. The number of rotatable bonds is 6. The number of carbonyl (C=O) groups excluding carboxylic acids is 4. The van der Waals surface area contributed by atoms with Gasteiger partial charge in [-0.15, -0.1) is 0 Å². The highest BCUT2D eigenvalue weighted by molar-refractivity contribution is 5.88. The molecule has 3 aromatic rings. The Morgan fingerprint density at radius 1 is 1.02 bits per heavy atom. The van der Waals surface area contributed by atoms with Crippen molar-refractivity contribution in [2.24, 2.45) is 5.92 Å². The number of fused-ring (bicyclic) bond motifs is 1. The third kappa shape index (κ3) is 10.3. The van der Waals surface area contributed by atoms with E-state index in [2.05, 4.69) is 26.0 Å². The lowest BCUT2D eigenvalue weighted by molar-refractivity contribution is -0.134. The van der Waals surface area contributed by atoms with E-state index in [-0.39, 0.29) is 68.9 Å². The van der Waals surface area contributed by atoms with Gasteiger partial charge in [0.25, 0.3) is 5.91 Å². The van der Waals surface area contributed by atoms with E-state index in [4.69, 9.17) is 4.74 Å². The number of halogens is 2. The zero-order chi connectivity index (χ0) is 33.9. The van der Waals surface area contributed by atoms with E-state index in [1.165, 1.54) is 9.58 Å². The lowest BCUT2D eigenvalue weighted by Gasteiger charge is -2.26. The SMILES string of the molecule is Cc1nc2n(n1)CC(=O)NCCCN(C(=O)COc1ccc(F)cc1F)CCCC(=O)N[C@H](Cc1ccccc1)C(=O)N[C@H]2C(C)C. The van der Waals surface area contributed by atoms with Crippen molar-refractivity contribution >= 4 is 23.6 Å². The van der Waals surface area contributed by atoms with Crippen molar-refractivity contribution in [2.75, 3.05) is 26.2 Å². The minimum absolute atomic E-state index is 0.0215. The Bertz CT molecular complexity index is 1550. The third-order valence-corrected chi connectivity index (χ3v) is 7.63. The number of hydrogen-bond donors (Lipinski definition) is 3. The van der Waals surface area contributed by atoms with Crippen LogP contribution in [0.1, 0.15) is 56.4 Å². The molecule has 47 heavy (non-hydrogen) atoms. The molecule has 4 rings (SSSR count). The quantitative estimate of drug-likeness (QED) is 0.371. The number of hydrogen-bond acceptors (Lipinski definition) is 7. The lowest BCUT2D eigenvalue weighted by atomic mass is 10.0. The standard InChI is InChI=1S/C33H41F2N7O5/c1-21(2)31-32-37-22(3)40-42(32)19-29(44)36-14-8-16-41(30(45)20-47-27-13-12-24(34)18-25(27)35)15-7-11-28(43)38-26(33(46)39-31)17-23-9-5-4-6-10-23/h4-6,9-10,12-13,18,21,26,31H,7-8,11,14-17,19-20H2,1-3H3,(H,36,44)(H,38,43)(H,39,46)/t26-,31+/m1/s1. The van der Waals surface area contributed by atoms with Gasteiger partial charge >= 0.3 is 0 Å². The van der Waals surface area contributed by atoms with Crippen LogP contribution in [0.5, 0.6) is 5.75 Å². The number of aromatic nitrogens is 3. The molecule has 2 heterocycles. The second-order valence-electron chi connectivity index (χ2n) is 11.8. The number of carbonyl (C=O) groups is 4. The van der Waals surface area contributed by atoms with Crippen molar-refractivity contribution < 1.29 is 32.7 Å². The molecule has 0 saturated heterocycles. The number of amides is 4. The van der Waals surface area contributed by atoms with Gasteiger partial charge in [0, 0.05) is 38.5 Å². The van der Waals surface area contributed by atoms with Crippen LogP contribution >= 0.6 is 0 Å². The first kappa shape index (κ1) is 35.0. The van der Waals surface area contributed by atoms with Gasteiger partial charge in [-0.2, -0.15) is 5.10 Å². The van der Waals surface area contributed by atoms with Gasteiger partial charge in [0.2, 0.25) is 17.7 Å². The summed E-state index contributed by atoms with van der Waals surface area (Å²) in [4.78, 5) is 58.9. The van der Waals surface area contributed by atoms with Gasteiger partial charge in [-0.1, -0.05) is 44.2 Å². The largest absolute Gasteiger partial charge is 0.481 e. The van der Waals surface area contributed by atoms with Crippen LogP contribution in [-0.4, -0.2) is 75.6 Å². The molecule has 0 fully saturated rings. The van der Waals surface area contributed by atoms with Crippen LogP contribution in [0.25, 0.3) is 0 Å². The van der Waals surface area contributed by atoms with Gasteiger partial charge in [0.05, 0.1) is 6.04 Å². The van der Waals surface area contributed by atoms with E-state index in [0.717, 1.165) is 17.7 Å². The average Bonchev–Trinajstić information content (AvgIpc) is 3.38. The molecule has 0 unspecified atom stereocenters. The van der Waals surface area contributed by atoms with E-state index in [0.29, 0.717) is 24.1 Å². The normalized spacial score (nSPS) is 18.8. The molecular weight excluding hydrogens is 612 g/mol. The molecule has 1 aliphatic heterocycles. The van der Waals surface area contributed by atoms with Crippen LogP contribution in [0.3, 0.4) is 0 Å². The molecule has 1 aliphatic rings. The van der Waals surface area contributed by atoms with Crippen LogP contribution in [0, 0.1) is 24.5 Å². The Hall–Kier alpha value is -4.88. The molecule has 1 aromatic heterocycles. The van der Waals surface area contributed by atoms with Crippen molar-refractivity contribution in [1.82, 2.24) is 35.6 Å². The molecule has 252 valence electrons. The molecule has 0 bridgehead atoms. The van der Waals surface area contributed by atoms with Crippen molar-refractivity contribution in [3.63, 3.8) is 0 Å². The van der Waals surface area contributed by atoms with Gasteiger partial charge in [0.15, 0.2) is 24.0 Å². The Balaban J connectivity index is 1.54. The minimum Gasteiger partial charge on any atom is -0.481 e. The van der Waals surface area contributed by atoms with E-state index < -0.39 is 42.1 Å². The Morgan fingerprint density at radius 2 is 1.77 bits per heavy atom. The first-order chi connectivity index (χ1) is 22.5. The summed E-state index contributed by atoms with van der Waals surface area (Å²) in [5.41, 5.74) is 0.848. The summed E-state index contributed by atoms with van der Waals surface area (Å²) >= 11 is 0. The first-order valence-corrected chi connectivity index (χ1v) is 15.7. The molecule has 0 saturated carbocycles. The molecule has 14 heteroatoms. The smallest absolute Gasteiger partial charge is 0.260 e. The lowest BCUT2D eigenvalue weighted by Crippen LogP contribution is -2.50. The number of aryl methyl sites for hydroxylation is 1. The van der Waals surface area contributed by atoms with Crippen molar-refractivity contribution in [3.8, 4) is 5.75 Å².